The number of amides is 1. The van der Waals surface area contributed by atoms with E-state index >= 15 is 0 Å². The molecular formula is C10H15N3O. The number of likely N-dealkylation sites (tertiary alicyclic amines) is 1. The molecule has 0 saturated carbocycles. The van der Waals surface area contributed by atoms with Crippen molar-refractivity contribution in [2.24, 2.45) is 5.92 Å². The second-order valence-corrected chi connectivity index (χ2v) is 4.01. The standard InChI is InChI=1S/C10H15N3O/c11-4-2-6-13-5-1-3-8-9(13)7-12-10(8)14/h8-9H,1-3,5-7H2,(H,12,14). The van der Waals surface area contributed by atoms with Gasteiger partial charge in [0.05, 0.1) is 12.0 Å². The van der Waals surface area contributed by atoms with Gasteiger partial charge in [-0.1, -0.05) is 0 Å². The molecular weight excluding hydrogens is 178 g/mol. The van der Waals surface area contributed by atoms with Gasteiger partial charge in [0.2, 0.25) is 5.91 Å². The van der Waals surface area contributed by atoms with Crippen LogP contribution in [0, 0.1) is 17.2 Å². The van der Waals surface area contributed by atoms with Crippen molar-refractivity contribution in [2.45, 2.75) is 25.3 Å². The van der Waals surface area contributed by atoms with Gasteiger partial charge in [0.15, 0.2) is 0 Å². The summed E-state index contributed by atoms with van der Waals surface area (Å²) >= 11 is 0. The maximum Gasteiger partial charge on any atom is 0.224 e. The average molecular weight is 193 g/mol. The lowest BCUT2D eigenvalue weighted by atomic mass is 9.91. The van der Waals surface area contributed by atoms with Gasteiger partial charge in [-0.2, -0.15) is 5.26 Å². The largest absolute Gasteiger partial charge is 0.354 e. The molecule has 2 aliphatic rings. The molecule has 0 spiro atoms. The fourth-order valence-electron chi connectivity index (χ4n) is 2.51. The van der Waals surface area contributed by atoms with Crippen molar-refractivity contribution in [1.29, 1.82) is 5.26 Å². The first-order chi connectivity index (χ1) is 6.83. The number of fused-ring (bicyclic) bond motifs is 1. The maximum absolute atomic E-state index is 11.4. The van der Waals surface area contributed by atoms with E-state index in [1.807, 2.05) is 0 Å². The van der Waals surface area contributed by atoms with Gasteiger partial charge in [-0.15, -0.1) is 0 Å². The molecule has 0 aliphatic carbocycles. The minimum Gasteiger partial charge on any atom is -0.354 e. The molecule has 2 saturated heterocycles. The summed E-state index contributed by atoms with van der Waals surface area (Å²) < 4.78 is 0. The molecule has 0 aromatic heterocycles. The van der Waals surface area contributed by atoms with E-state index < -0.39 is 0 Å². The van der Waals surface area contributed by atoms with Crippen molar-refractivity contribution in [3.05, 3.63) is 0 Å². The van der Waals surface area contributed by atoms with Crippen molar-refractivity contribution in [3.8, 4) is 6.07 Å². The smallest absolute Gasteiger partial charge is 0.224 e. The SMILES string of the molecule is N#CCCN1CCCC2C(=O)NCC21. The highest BCUT2D eigenvalue weighted by Gasteiger charge is 2.40. The van der Waals surface area contributed by atoms with Crippen LogP contribution in [0.1, 0.15) is 19.3 Å². The quantitative estimate of drug-likeness (QED) is 0.677. The summed E-state index contributed by atoms with van der Waals surface area (Å²) in [5.74, 6) is 0.388. The summed E-state index contributed by atoms with van der Waals surface area (Å²) in [6, 6.07) is 2.51. The molecule has 4 heteroatoms. The molecule has 0 bridgehead atoms. The first-order valence-electron chi connectivity index (χ1n) is 5.21. The second-order valence-electron chi connectivity index (χ2n) is 4.01. The minimum atomic E-state index is 0.183. The molecule has 1 amide bonds. The molecule has 14 heavy (non-hydrogen) atoms. The predicted octanol–water partition coefficient (Wildman–Crippen LogP) is 0.110. The highest BCUT2D eigenvalue weighted by molar-refractivity contribution is 5.82. The van der Waals surface area contributed by atoms with Gasteiger partial charge in [0, 0.05) is 25.6 Å². The van der Waals surface area contributed by atoms with E-state index in [-0.39, 0.29) is 11.8 Å². The Labute approximate surface area is 83.9 Å². The Balaban J connectivity index is 1.98. The van der Waals surface area contributed by atoms with E-state index in [9.17, 15) is 4.79 Å². The first kappa shape index (κ1) is 9.47. The molecule has 2 unspecified atom stereocenters. The van der Waals surface area contributed by atoms with Crippen molar-refractivity contribution < 1.29 is 4.79 Å². The third kappa shape index (κ3) is 1.60. The van der Waals surface area contributed by atoms with Gasteiger partial charge in [0.1, 0.15) is 0 Å². The Morgan fingerprint density at radius 2 is 2.50 bits per heavy atom. The summed E-state index contributed by atoms with van der Waals surface area (Å²) in [6.07, 6.45) is 2.66. The van der Waals surface area contributed by atoms with Crippen LogP contribution in [0.4, 0.5) is 0 Å². The van der Waals surface area contributed by atoms with E-state index in [4.69, 9.17) is 5.26 Å². The molecule has 2 aliphatic heterocycles. The number of carbonyl (C=O) groups excluding carboxylic acids is 1. The maximum atomic E-state index is 11.4. The number of hydrogen-bond donors (Lipinski definition) is 1. The van der Waals surface area contributed by atoms with Crippen LogP contribution in [-0.2, 0) is 4.79 Å². The Hall–Kier alpha value is -1.08. The number of hydrogen-bond acceptors (Lipinski definition) is 3. The van der Waals surface area contributed by atoms with Gasteiger partial charge in [-0.3, -0.25) is 9.69 Å². The highest BCUT2D eigenvalue weighted by atomic mass is 16.2. The fourth-order valence-corrected chi connectivity index (χ4v) is 2.51. The summed E-state index contributed by atoms with van der Waals surface area (Å²) in [7, 11) is 0. The summed E-state index contributed by atoms with van der Waals surface area (Å²) in [6.45, 7) is 2.62. The molecule has 0 radical (unpaired) electrons. The number of carbonyl (C=O) groups is 1. The lowest BCUT2D eigenvalue weighted by Crippen LogP contribution is -2.45. The Bertz CT molecular complexity index is 271. The second kappa shape index (κ2) is 3.97. The molecule has 2 atom stereocenters. The Kier molecular flexibility index (Phi) is 2.69. The van der Waals surface area contributed by atoms with E-state index in [2.05, 4.69) is 16.3 Å². The minimum absolute atomic E-state index is 0.183. The Morgan fingerprint density at radius 3 is 3.29 bits per heavy atom. The number of nitrogens with zero attached hydrogens (tertiary/aromatic N) is 2. The predicted molar refractivity (Wildman–Crippen MR) is 51.3 cm³/mol. The lowest BCUT2D eigenvalue weighted by Gasteiger charge is -2.35. The van der Waals surface area contributed by atoms with Gasteiger partial charge in [-0.05, 0) is 19.4 Å². The number of rotatable bonds is 2. The van der Waals surface area contributed by atoms with Gasteiger partial charge in [-0.25, -0.2) is 0 Å². The van der Waals surface area contributed by atoms with Crippen LogP contribution < -0.4 is 5.32 Å². The third-order valence-corrected chi connectivity index (χ3v) is 3.23. The third-order valence-electron chi connectivity index (χ3n) is 3.23. The fraction of sp³-hybridized carbons (Fsp3) is 0.800. The highest BCUT2D eigenvalue weighted by Crippen LogP contribution is 2.27. The van der Waals surface area contributed by atoms with Crippen LogP contribution in [-0.4, -0.2) is 36.5 Å². The van der Waals surface area contributed by atoms with Crippen LogP contribution in [0.25, 0.3) is 0 Å². The van der Waals surface area contributed by atoms with Gasteiger partial charge < -0.3 is 5.32 Å². The number of piperidine rings is 1. The number of nitrogens with one attached hydrogen (secondary N) is 1. The van der Waals surface area contributed by atoms with Gasteiger partial charge in [0.25, 0.3) is 0 Å². The zero-order chi connectivity index (χ0) is 9.97. The number of nitriles is 1. The molecule has 76 valence electrons. The molecule has 0 aromatic carbocycles. The van der Waals surface area contributed by atoms with Crippen molar-refractivity contribution in [3.63, 3.8) is 0 Å². The van der Waals surface area contributed by atoms with Crippen LogP contribution in [0.15, 0.2) is 0 Å². The van der Waals surface area contributed by atoms with Crippen LogP contribution >= 0.6 is 0 Å². The monoisotopic (exact) mass is 193 g/mol. The Morgan fingerprint density at radius 1 is 1.64 bits per heavy atom. The molecule has 2 rings (SSSR count). The average Bonchev–Trinajstić information content (AvgIpc) is 2.58. The zero-order valence-corrected chi connectivity index (χ0v) is 8.20. The van der Waals surface area contributed by atoms with E-state index in [0.717, 1.165) is 32.5 Å². The van der Waals surface area contributed by atoms with Crippen LogP contribution in [0.2, 0.25) is 0 Å². The summed E-state index contributed by atoms with van der Waals surface area (Å²) in [4.78, 5) is 13.7. The van der Waals surface area contributed by atoms with E-state index in [1.165, 1.54) is 0 Å². The van der Waals surface area contributed by atoms with E-state index in [0.29, 0.717) is 12.5 Å². The molecule has 4 nitrogen and oxygen atoms in total. The first-order valence-corrected chi connectivity index (χ1v) is 5.21. The van der Waals surface area contributed by atoms with Crippen molar-refractivity contribution in [1.82, 2.24) is 10.2 Å². The van der Waals surface area contributed by atoms with Crippen LogP contribution in [0.3, 0.4) is 0 Å². The van der Waals surface area contributed by atoms with E-state index in [1.54, 1.807) is 0 Å². The molecule has 1 N–H and O–H groups in total. The molecule has 2 fully saturated rings. The summed E-state index contributed by atoms with van der Waals surface area (Å²) in [5.41, 5.74) is 0. The molecule has 2 heterocycles. The molecule has 0 aromatic rings. The summed E-state index contributed by atoms with van der Waals surface area (Å²) in [5, 5.41) is 11.4. The van der Waals surface area contributed by atoms with Crippen molar-refractivity contribution in [2.75, 3.05) is 19.6 Å². The van der Waals surface area contributed by atoms with Gasteiger partial charge >= 0.3 is 0 Å². The zero-order valence-electron chi connectivity index (χ0n) is 8.20. The lowest BCUT2D eigenvalue weighted by molar-refractivity contribution is -0.124. The topological polar surface area (TPSA) is 56.1 Å². The van der Waals surface area contributed by atoms with Crippen LogP contribution in [0.5, 0.6) is 0 Å². The normalized spacial score (nSPS) is 32.1. The van der Waals surface area contributed by atoms with Crippen molar-refractivity contribution >= 4 is 5.91 Å².